The van der Waals surface area contributed by atoms with Gasteiger partial charge in [0.15, 0.2) is 5.65 Å². The third-order valence-electron chi connectivity index (χ3n) is 5.45. The van der Waals surface area contributed by atoms with E-state index in [4.69, 9.17) is 0 Å². The second kappa shape index (κ2) is 8.20. The topological polar surface area (TPSA) is 99.3 Å². The number of carbonyl (C=O) groups excluding carboxylic acids is 1. The predicted molar refractivity (Wildman–Crippen MR) is 133 cm³/mol. The summed E-state index contributed by atoms with van der Waals surface area (Å²) in [7, 11) is 0. The number of pyridine rings is 2. The van der Waals surface area contributed by atoms with Crippen molar-refractivity contribution < 1.29 is 4.79 Å². The van der Waals surface area contributed by atoms with Crippen LogP contribution in [0.5, 0.6) is 0 Å². The van der Waals surface area contributed by atoms with E-state index in [1.54, 1.807) is 18.6 Å². The van der Waals surface area contributed by atoms with Crippen LogP contribution in [0.2, 0.25) is 0 Å². The minimum Gasteiger partial charge on any atom is -0.353 e. The van der Waals surface area contributed by atoms with Crippen molar-refractivity contribution in [1.29, 1.82) is 0 Å². The Labute approximate surface area is 190 Å². The van der Waals surface area contributed by atoms with Gasteiger partial charge in [0.05, 0.1) is 23.3 Å². The van der Waals surface area contributed by atoms with Crippen molar-refractivity contribution in [3.63, 3.8) is 0 Å². The molecule has 0 atom stereocenters. The summed E-state index contributed by atoms with van der Waals surface area (Å²) in [5.41, 5.74) is 7.81. The molecule has 0 unspecified atom stereocenters. The van der Waals surface area contributed by atoms with Crippen LogP contribution in [0.3, 0.4) is 0 Å². The molecule has 0 saturated heterocycles. The molecule has 0 fully saturated rings. The highest BCUT2D eigenvalue weighted by Crippen LogP contribution is 2.33. The van der Waals surface area contributed by atoms with Crippen molar-refractivity contribution >= 4 is 39.1 Å². The second-order valence-corrected chi connectivity index (χ2v) is 7.81. The molecule has 162 valence electrons. The number of anilines is 1. The van der Waals surface area contributed by atoms with Crippen LogP contribution in [0.15, 0.2) is 73.7 Å². The molecule has 1 aromatic carbocycles. The highest BCUT2D eigenvalue weighted by Gasteiger charge is 2.14. The minimum atomic E-state index is -0.144. The molecule has 0 saturated carbocycles. The molecule has 0 spiro atoms. The fraction of sp³-hybridized carbons (Fsp3) is 0.0769. The number of nitrogens with zero attached hydrogens (tertiary/aromatic N) is 3. The average Bonchev–Trinajstić information content (AvgIpc) is 3.42. The largest absolute Gasteiger partial charge is 0.353 e. The molecule has 0 aliphatic rings. The SMILES string of the molecule is C=C(/C=C\C)c1cccc2[nH]c(-c3[nH]nc4ncc(-c5cncc(NC(C)=O)c5)cc34)cc12. The molecule has 7 heteroatoms. The Kier molecular flexibility index (Phi) is 5.06. The molecule has 4 aromatic heterocycles. The Balaban J connectivity index is 1.60. The summed E-state index contributed by atoms with van der Waals surface area (Å²) in [6.07, 6.45) is 9.11. The van der Waals surface area contributed by atoms with Gasteiger partial charge in [-0.3, -0.25) is 14.9 Å². The summed E-state index contributed by atoms with van der Waals surface area (Å²) < 4.78 is 0. The maximum Gasteiger partial charge on any atom is 0.221 e. The Hall–Kier alpha value is -4.52. The molecular formula is C26H22N6O. The number of hydrogen-bond donors (Lipinski definition) is 3. The number of nitrogens with one attached hydrogen (secondary N) is 3. The maximum absolute atomic E-state index is 11.4. The maximum atomic E-state index is 11.4. The third-order valence-corrected chi connectivity index (χ3v) is 5.45. The molecule has 0 radical (unpaired) electrons. The van der Waals surface area contributed by atoms with Crippen LogP contribution in [-0.2, 0) is 4.79 Å². The van der Waals surface area contributed by atoms with Gasteiger partial charge >= 0.3 is 0 Å². The number of fused-ring (bicyclic) bond motifs is 2. The molecular weight excluding hydrogens is 412 g/mol. The molecule has 7 nitrogen and oxygen atoms in total. The third kappa shape index (κ3) is 3.80. The molecule has 33 heavy (non-hydrogen) atoms. The van der Waals surface area contributed by atoms with Crippen LogP contribution in [0.25, 0.3) is 50.0 Å². The summed E-state index contributed by atoms with van der Waals surface area (Å²) in [4.78, 5) is 23.7. The van der Waals surface area contributed by atoms with Crippen LogP contribution in [-0.4, -0.2) is 31.1 Å². The van der Waals surface area contributed by atoms with Gasteiger partial charge in [0, 0.05) is 46.7 Å². The number of benzene rings is 1. The number of aromatic nitrogens is 5. The monoisotopic (exact) mass is 434 g/mol. The lowest BCUT2D eigenvalue weighted by Crippen LogP contribution is -2.05. The molecule has 5 aromatic rings. The number of aromatic amines is 2. The number of H-pyrrole nitrogens is 2. The fourth-order valence-corrected chi connectivity index (χ4v) is 3.99. The zero-order chi connectivity index (χ0) is 22.9. The van der Waals surface area contributed by atoms with Gasteiger partial charge in [0.2, 0.25) is 5.91 Å². The van der Waals surface area contributed by atoms with E-state index in [1.807, 2.05) is 43.3 Å². The van der Waals surface area contributed by atoms with E-state index in [0.29, 0.717) is 11.3 Å². The van der Waals surface area contributed by atoms with E-state index in [9.17, 15) is 4.79 Å². The van der Waals surface area contributed by atoms with E-state index in [2.05, 4.69) is 49.2 Å². The van der Waals surface area contributed by atoms with E-state index < -0.39 is 0 Å². The van der Waals surface area contributed by atoms with Gasteiger partial charge in [-0.2, -0.15) is 5.10 Å². The lowest BCUT2D eigenvalue weighted by molar-refractivity contribution is -0.114. The quantitative estimate of drug-likeness (QED) is 0.308. The number of amides is 1. The van der Waals surface area contributed by atoms with Crippen molar-refractivity contribution in [1.82, 2.24) is 25.1 Å². The normalized spacial score (nSPS) is 11.5. The zero-order valence-corrected chi connectivity index (χ0v) is 18.3. The molecule has 3 N–H and O–H groups in total. The van der Waals surface area contributed by atoms with Crippen molar-refractivity contribution in [3.8, 4) is 22.5 Å². The van der Waals surface area contributed by atoms with Crippen LogP contribution in [0.1, 0.15) is 19.4 Å². The Morgan fingerprint density at radius 2 is 1.94 bits per heavy atom. The van der Waals surface area contributed by atoms with Crippen LogP contribution in [0.4, 0.5) is 5.69 Å². The van der Waals surface area contributed by atoms with Crippen molar-refractivity contribution in [2.75, 3.05) is 5.32 Å². The van der Waals surface area contributed by atoms with E-state index in [1.165, 1.54) is 6.92 Å². The van der Waals surface area contributed by atoms with Crippen LogP contribution in [0, 0.1) is 0 Å². The standard InChI is InChI=1S/C26H22N6O/c1-4-6-15(2)20-7-5-8-23-21(20)11-24(30-23)25-22-10-18(13-28-26(22)32-31-25)17-9-19(14-27-12-17)29-16(3)33/h4-14,30H,2H2,1,3H3,(H,29,33)(H,28,31,32)/b6-4-. The highest BCUT2D eigenvalue weighted by atomic mass is 16.1. The van der Waals surface area contributed by atoms with Gasteiger partial charge in [-0.05, 0) is 42.3 Å². The summed E-state index contributed by atoms with van der Waals surface area (Å²) in [5.74, 6) is -0.144. The van der Waals surface area contributed by atoms with Gasteiger partial charge in [0.1, 0.15) is 0 Å². The number of hydrogen-bond acceptors (Lipinski definition) is 4. The van der Waals surface area contributed by atoms with E-state index >= 15 is 0 Å². The highest BCUT2D eigenvalue weighted by molar-refractivity contribution is 6.00. The number of rotatable bonds is 5. The Bertz CT molecular complexity index is 1560. The van der Waals surface area contributed by atoms with E-state index in [0.717, 1.165) is 49.9 Å². The average molecular weight is 435 g/mol. The Morgan fingerprint density at radius 3 is 2.76 bits per heavy atom. The van der Waals surface area contributed by atoms with Gasteiger partial charge in [-0.15, -0.1) is 0 Å². The van der Waals surface area contributed by atoms with Crippen molar-refractivity contribution in [3.05, 3.63) is 79.3 Å². The predicted octanol–water partition coefficient (Wildman–Crippen LogP) is 5.72. The smallest absolute Gasteiger partial charge is 0.221 e. The first-order chi connectivity index (χ1) is 16.0. The number of allylic oxidation sites excluding steroid dienone is 3. The Morgan fingerprint density at radius 1 is 1.09 bits per heavy atom. The van der Waals surface area contributed by atoms with Gasteiger partial charge in [-0.25, -0.2) is 4.98 Å². The summed E-state index contributed by atoms with van der Waals surface area (Å²) in [5, 5.41) is 12.3. The zero-order valence-electron chi connectivity index (χ0n) is 18.3. The van der Waals surface area contributed by atoms with Crippen LogP contribution >= 0.6 is 0 Å². The summed E-state index contributed by atoms with van der Waals surface area (Å²) in [6, 6.07) is 12.2. The van der Waals surface area contributed by atoms with Crippen molar-refractivity contribution in [2.24, 2.45) is 0 Å². The van der Waals surface area contributed by atoms with Gasteiger partial charge in [-0.1, -0.05) is 30.9 Å². The van der Waals surface area contributed by atoms with Crippen molar-refractivity contribution in [2.45, 2.75) is 13.8 Å². The lowest BCUT2D eigenvalue weighted by Gasteiger charge is -2.05. The first-order valence-corrected chi connectivity index (χ1v) is 10.5. The summed E-state index contributed by atoms with van der Waals surface area (Å²) >= 11 is 0. The van der Waals surface area contributed by atoms with E-state index in [-0.39, 0.29) is 5.91 Å². The molecule has 0 aliphatic carbocycles. The molecule has 4 heterocycles. The molecule has 0 aliphatic heterocycles. The fourth-order valence-electron chi connectivity index (χ4n) is 3.99. The van der Waals surface area contributed by atoms with Gasteiger partial charge in [0.25, 0.3) is 0 Å². The number of carbonyl (C=O) groups is 1. The first-order valence-electron chi connectivity index (χ1n) is 10.5. The molecule has 0 bridgehead atoms. The minimum absolute atomic E-state index is 0.144. The molecule has 1 amide bonds. The van der Waals surface area contributed by atoms with Gasteiger partial charge < -0.3 is 10.3 Å². The van der Waals surface area contributed by atoms with Crippen LogP contribution < -0.4 is 5.32 Å². The lowest BCUT2D eigenvalue weighted by atomic mass is 10.0. The molecule has 5 rings (SSSR count). The summed E-state index contributed by atoms with van der Waals surface area (Å²) in [6.45, 7) is 7.65. The second-order valence-electron chi connectivity index (χ2n) is 7.81. The first kappa shape index (κ1) is 20.4.